The Hall–Kier alpha value is -2.33. The lowest BCUT2D eigenvalue weighted by molar-refractivity contribution is -0.197. The van der Waals surface area contributed by atoms with Crippen LogP contribution in [0.25, 0.3) is 0 Å². The molecule has 154 valence electrons. The average molecular weight is 440 g/mol. The molecule has 29 heavy (non-hydrogen) atoms. The SMILES string of the molecule is O=C(O)C(O)(NS(=O)(=O)c1ccccc1Cl)Oc1cccc2c1OC1CCCC21. The van der Waals surface area contributed by atoms with Gasteiger partial charge in [0.2, 0.25) is 10.0 Å². The normalized spacial score (nSPS) is 22.3. The zero-order valence-electron chi connectivity index (χ0n) is 15.0. The van der Waals surface area contributed by atoms with Gasteiger partial charge in [-0.15, -0.1) is 4.72 Å². The van der Waals surface area contributed by atoms with Crippen LogP contribution in [-0.2, 0) is 14.8 Å². The smallest absolute Gasteiger partial charge is 0.395 e. The lowest BCUT2D eigenvalue weighted by Gasteiger charge is -2.26. The van der Waals surface area contributed by atoms with Gasteiger partial charge in [0.05, 0.1) is 5.02 Å². The summed E-state index contributed by atoms with van der Waals surface area (Å²) in [6.45, 7) is 0. The van der Waals surface area contributed by atoms with E-state index in [-0.39, 0.29) is 22.8 Å². The predicted molar refractivity (Wildman–Crippen MR) is 102 cm³/mol. The Morgan fingerprint density at radius 2 is 1.97 bits per heavy atom. The van der Waals surface area contributed by atoms with E-state index in [0.717, 1.165) is 24.8 Å². The summed E-state index contributed by atoms with van der Waals surface area (Å²) in [7, 11) is -4.52. The third-order valence-electron chi connectivity index (χ3n) is 5.08. The maximum atomic E-state index is 12.6. The van der Waals surface area contributed by atoms with Crippen molar-refractivity contribution in [1.82, 2.24) is 4.72 Å². The highest BCUT2D eigenvalue weighted by atomic mass is 35.5. The fourth-order valence-corrected chi connectivity index (χ4v) is 5.40. The van der Waals surface area contributed by atoms with E-state index in [9.17, 15) is 23.4 Å². The Balaban J connectivity index is 1.67. The molecule has 2 aliphatic rings. The van der Waals surface area contributed by atoms with Gasteiger partial charge in [0.15, 0.2) is 11.5 Å². The molecule has 3 unspecified atom stereocenters. The summed E-state index contributed by atoms with van der Waals surface area (Å²) < 4.78 is 38.1. The van der Waals surface area contributed by atoms with E-state index in [1.54, 1.807) is 10.8 Å². The van der Waals surface area contributed by atoms with Gasteiger partial charge >= 0.3 is 11.9 Å². The van der Waals surface area contributed by atoms with Gasteiger partial charge < -0.3 is 19.7 Å². The van der Waals surface area contributed by atoms with Crippen LogP contribution in [0.15, 0.2) is 47.4 Å². The molecule has 1 aliphatic heterocycles. The second-order valence-electron chi connectivity index (χ2n) is 6.96. The summed E-state index contributed by atoms with van der Waals surface area (Å²) >= 11 is 5.90. The number of carboxylic acids is 1. The molecule has 0 spiro atoms. The van der Waals surface area contributed by atoms with E-state index < -0.39 is 26.8 Å². The van der Waals surface area contributed by atoms with E-state index in [1.807, 2.05) is 6.07 Å². The second kappa shape index (κ2) is 7.17. The number of hydrogen-bond acceptors (Lipinski definition) is 6. The number of nitrogens with one attached hydrogen (secondary N) is 1. The minimum absolute atomic E-state index is 0.0347. The predicted octanol–water partition coefficient (Wildman–Crippen LogP) is 2.46. The Bertz CT molecular complexity index is 1070. The van der Waals surface area contributed by atoms with Crippen molar-refractivity contribution in [3.8, 4) is 11.5 Å². The minimum atomic E-state index is -4.52. The highest BCUT2D eigenvalue weighted by molar-refractivity contribution is 7.89. The summed E-state index contributed by atoms with van der Waals surface area (Å²) in [5, 5.41) is 19.9. The van der Waals surface area contributed by atoms with E-state index >= 15 is 0 Å². The summed E-state index contributed by atoms with van der Waals surface area (Å²) in [4.78, 5) is 11.3. The van der Waals surface area contributed by atoms with E-state index in [4.69, 9.17) is 21.1 Å². The highest BCUT2D eigenvalue weighted by Crippen LogP contribution is 2.51. The number of benzene rings is 2. The summed E-state index contributed by atoms with van der Waals surface area (Å²) in [6.07, 6.45) is 2.79. The van der Waals surface area contributed by atoms with Gasteiger partial charge in [-0.2, -0.15) is 0 Å². The molecule has 3 N–H and O–H groups in total. The third-order valence-corrected chi connectivity index (χ3v) is 7.00. The maximum Gasteiger partial charge on any atom is 0.395 e. The topological polar surface area (TPSA) is 122 Å². The van der Waals surface area contributed by atoms with Crippen molar-refractivity contribution in [3.63, 3.8) is 0 Å². The largest absolute Gasteiger partial charge is 0.486 e. The first-order valence-electron chi connectivity index (χ1n) is 8.94. The van der Waals surface area contributed by atoms with Crippen LogP contribution in [0.2, 0.25) is 5.02 Å². The maximum absolute atomic E-state index is 12.6. The van der Waals surface area contributed by atoms with Crippen LogP contribution in [0.1, 0.15) is 30.7 Å². The third kappa shape index (κ3) is 3.55. The first-order chi connectivity index (χ1) is 13.7. The number of hydrogen-bond donors (Lipinski definition) is 3. The van der Waals surface area contributed by atoms with Crippen molar-refractivity contribution in [2.75, 3.05) is 0 Å². The van der Waals surface area contributed by atoms with Crippen LogP contribution in [-0.4, -0.2) is 36.6 Å². The quantitative estimate of drug-likeness (QED) is 0.591. The molecule has 0 bridgehead atoms. The molecule has 1 fully saturated rings. The van der Waals surface area contributed by atoms with Crippen molar-refractivity contribution < 1.29 is 32.9 Å². The molecule has 2 aromatic rings. The molecule has 8 nitrogen and oxygen atoms in total. The van der Waals surface area contributed by atoms with Crippen molar-refractivity contribution in [2.45, 2.75) is 42.1 Å². The fraction of sp³-hybridized carbons (Fsp3) is 0.316. The molecule has 0 radical (unpaired) electrons. The van der Waals surface area contributed by atoms with Crippen LogP contribution in [0, 0.1) is 0 Å². The van der Waals surface area contributed by atoms with Crippen molar-refractivity contribution in [3.05, 3.63) is 53.1 Å². The minimum Gasteiger partial charge on any atom is -0.486 e. The fourth-order valence-electron chi connectivity index (χ4n) is 3.77. The Kier molecular flexibility index (Phi) is 4.94. The number of carbonyl (C=O) groups is 1. The molecule has 0 amide bonds. The number of rotatable bonds is 6. The zero-order valence-corrected chi connectivity index (χ0v) is 16.6. The van der Waals surface area contributed by atoms with Crippen LogP contribution in [0.3, 0.4) is 0 Å². The first kappa shape index (κ1) is 20.0. The molecular formula is C19H18ClNO7S. The summed E-state index contributed by atoms with van der Waals surface area (Å²) in [5.41, 5.74) is 0.853. The Labute approximate surface area is 172 Å². The number of aliphatic hydroxyl groups is 1. The number of aliphatic carboxylic acids is 1. The Morgan fingerprint density at radius 3 is 2.69 bits per heavy atom. The van der Waals surface area contributed by atoms with E-state index in [1.165, 1.54) is 30.3 Å². The van der Waals surface area contributed by atoms with Gasteiger partial charge in [-0.05, 0) is 37.5 Å². The molecule has 4 rings (SSSR count). The lowest BCUT2D eigenvalue weighted by atomic mass is 9.97. The van der Waals surface area contributed by atoms with Gasteiger partial charge in [0.1, 0.15) is 11.0 Å². The number of ether oxygens (including phenoxy) is 2. The molecule has 1 aliphatic carbocycles. The number of carboxylic acid groups (broad SMARTS) is 1. The van der Waals surface area contributed by atoms with Gasteiger partial charge in [-0.3, -0.25) is 0 Å². The summed E-state index contributed by atoms with van der Waals surface area (Å²) in [6, 6.07) is 10.3. The molecule has 2 aromatic carbocycles. The molecule has 0 aromatic heterocycles. The zero-order chi connectivity index (χ0) is 20.8. The molecule has 0 saturated heterocycles. The van der Waals surface area contributed by atoms with Crippen molar-refractivity contribution in [1.29, 1.82) is 0 Å². The van der Waals surface area contributed by atoms with Crippen LogP contribution in [0.4, 0.5) is 0 Å². The first-order valence-corrected chi connectivity index (χ1v) is 10.8. The van der Waals surface area contributed by atoms with E-state index in [2.05, 4.69) is 0 Å². The van der Waals surface area contributed by atoms with Gasteiger partial charge in [0.25, 0.3) is 0 Å². The number of sulfonamides is 1. The number of halogens is 1. The van der Waals surface area contributed by atoms with E-state index in [0.29, 0.717) is 5.75 Å². The molecule has 1 saturated carbocycles. The number of fused-ring (bicyclic) bond motifs is 3. The average Bonchev–Trinajstić information content (AvgIpc) is 3.23. The van der Waals surface area contributed by atoms with Gasteiger partial charge in [0, 0.05) is 11.5 Å². The Morgan fingerprint density at radius 1 is 1.21 bits per heavy atom. The molecular weight excluding hydrogens is 422 g/mol. The second-order valence-corrected chi connectivity index (χ2v) is 9.01. The monoisotopic (exact) mass is 439 g/mol. The molecule has 10 heteroatoms. The van der Waals surface area contributed by atoms with Crippen LogP contribution in [0.5, 0.6) is 11.5 Å². The van der Waals surface area contributed by atoms with Crippen LogP contribution >= 0.6 is 11.6 Å². The van der Waals surface area contributed by atoms with Crippen molar-refractivity contribution >= 4 is 27.6 Å². The lowest BCUT2D eigenvalue weighted by Crippen LogP contribution is -2.58. The van der Waals surface area contributed by atoms with Crippen LogP contribution < -0.4 is 14.2 Å². The highest BCUT2D eigenvalue weighted by Gasteiger charge is 2.46. The molecule has 3 atom stereocenters. The summed E-state index contributed by atoms with van der Waals surface area (Å²) in [5.74, 6) is -4.79. The standard InChI is InChI=1S/C19H18ClNO7S/c20-13-7-1-2-10-16(13)29(25,26)21-19(24,18(22)23)28-15-9-4-6-12-11-5-3-8-14(11)27-17(12)15/h1-2,4,6-7,9-11,14,21,24H,3,5,8H2,(H,22,23). The van der Waals surface area contributed by atoms with Crippen molar-refractivity contribution in [2.24, 2.45) is 0 Å². The van der Waals surface area contributed by atoms with Gasteiger partial charge in [-0.25, -0.2) is 13.2 Å². The number of para-hydroxylation sites is 1. The van der Waals surface area contributed by atoms with Gasteiger partial charge in [-0.1, -0.05) is 35.9 Å². The molecule has 1 heterocycles.